The number of nitrogens with one attached hydrogen (secondary N) is 1. The highest BCUT2D eigenvalue weighted by atomic mass is 19.1. The number of aromatic nitrogens is 1. The maximum atomic E-state index is 12.8. The molecular formula is C11H9FN2O2. The Morgan fingerprint density at radius 2 is 2.44 bits per heavy atom. The van der Waals surface area contributed by atoms with Crippen LogP contribution in [0.5, 0.6) is 0 Å². The molecule has 16 heavy (non-hydrogen) atoms. The van der Waals surface area contributed by atoms with Gasteiger partial charge in [-0.05, 0) is 6.07 Å². The van der Waals surface area contributed by atoms with Gasteiger partial charge in [-0.25, -0.2) is 4.98 Å². The number of amides is 1. The van der Waals surface area contributed by atoms with Gasteiger partial charge in [0.25, 0.3) is 0 Å². The molecule has 0 unspecified atom stereocenters. The van der Waals surface area contributed by atoms with E-state index in [9.17, 15) is 14.0 Å². The van der Waals surface area contributed by atoms with Crippen molar-refractivity contribution in [3.63, 3.8) is 0 Å². The Morgan fingerprint density at radius 3 is 3.06 bits per heavy atom. The predicted molar refractivity (Wildman–Crippen MR) is 55.1 cm³/mol. The number of rotatable bonds is 2. The van der Waals surface area contributed by atoms with Crippen LogP contribution in [0.4, 0.5) is 4.39 Å². The molecule has 0 aromatic carbocycles. The van der Waals surface area contributed by atoms with E-state index in [4.69, 9.17) is 0 Å². The summed E-state index contributed by atoms with van der Waals surface area (Å²) in [6.45, 7) is 1.58. The van der Waals surface area contributed by atoms with Gasteiger partial charge < -0.3 is 5.32 Å². The van der Waals surface area contributed by atoms with E-state index in [0.717, 1.165) is 0 Å². The normalized spacial score (nSPS) is 8.88. The molecule has 0 saturated carbocycles. The molecule has 0 aliphatic heterocycles. The molecule has 82 valence electrons. The summed E-state index contributed by atoms with van der Waals surface area (Å²) in [5, 5.41) is 2.48. The van der Waals surface area contributed by atoms with Crippen LogP contribution in [0.15, 0.2) is 12.3 Å². The van der Waals surface area contributed by atoms with Crippen molar-refractivity contribution < 1.29 is 14.0 Å². The van der Waals surface area contributed by atoms with Crippen molar-refractivity contribution in [2.45, 2.75) is 6.92 Å². The SMILES string of the molecule is CC(=O)NCC#Cc1cnc(F)c(C=O)c1. The standard InChI is InChI=1S/C11H9FN2O2/c1-8(16)13-4-2-3-9-5-10(7-15)11(12)14-6-9/h5-7H,4H2,1H3,(H,13,16). The van der Waals surface area contributed by atoms with Crippen molar-refractivity contribution in [2.24, 2.45) is 0 Å². The highest BCUT2D eigenvalue weighted by Crippen LogP contribution is 2.03. The second-order valence-corrected chi connectivity index (χ2v) is 2.93. The van der Waals surface area contributed by atoms with E-state index in [-0.39, 0.29) is 18.0 Å². The molecule has 0 spiro atoms. The summed E-state index contributed by atoms with van der Waals surface area (Å²) in [4.78, 5) is 24.3. The van der Waals surface area contributed by atoms with Crippen LogP contribution in [0, 0.1) is 17.8 Å². The molecule has 5 heteroatoms. The fraction of sp³-hybridized carbons (Fsp3) is 0.182. The van der Waals surface area contributed by atoms with Gasteiger partial charge in [-0.2, -0.15) is 4.39 Å². The Balaban J connectivity index is 2.74. The topological polar surface area (TPSA) is 59.1 Å². The number of aldehydes is 1. The van der Waals surface area contributed by atoms with Gasteiger partial charge in [0, 0.05) is 18.7 Å². The minimum atomic E-state index is -0.817. The second kappa shape index (κ2) is 5.61. The average molecular weight is 220 g/mol. The number of pyridine rings is 1. The summed E-state index contributed by atoms with van der Waals surface area (Å²) < 4.78 is 12.8. The monoisotopic (exact) mass is 220 g/mol. The van der Waals surface area contributed by atoms with E-state index in [0.29, 0.717) is 11.8 Å². The van der Waals surface area contributed by atoms with Crippen LogP contribution >= 0.6 is 0 Å². The molecule has 1 aromatic heterocycles. The first-order valence-corrected chi connectivity index (χ1v) is 4.47. The molecule has 0 saturated heterocycles. The van der Waals surface area contributed by atoms with Crippen LogP contribution in [0.25, 0.3) is 0 Å². The number of carbonyl (C=O) groups excluding carboxylic acids is 2. The fourth-order valence-corrected chi connectivity index (χ4v) is 0.931. The maximum absolute atomic E-state index is 12.8. The van der Waals surface area contributed by atoms with Crippen molar-refractivity contribution in [2.75, 3.05) is 6.54 Å². The molecule has 0 bridgehead atoms. The van der Waals surface area contributed by atoms with Gasteiger partial charge in [-0.3, -0.25) is 9.59 Å². The maximum Gasteiger partial charge on any atom is 0.223 e. The van der Waals surface area contributed by atoms with E-state index < -0.39 is 5.95 Å². The number of hydrogen-bond donors (Lipinski definition) is 1. The Hall–Kier alpha value is -2.22. The average Bonchev–Trinajstić information content (AvgIpc) is 2.26. The van der Waals surface area contributed by atoms with Gasteiger partial charge in [0.2, 0.25) is 11.9 Å². The van der Waals surface area contributed by atoms with Gasteiger partial charge in [0.1, 0.15) is 0 Å². The molecule has 1 amide bonds. The lowest BCUT2D eigenvalue weighted by Crippen LogP contribution is -2.19. The highest BCUT2D eigenvalue weighted by molar-refractivity contribution is 5.75. The number of halogens is 1. The summed E-state index contributed by atoms with van der Waals surface area (Å²) >= 11 is 0. The zero-order valence-corrected chi connectivity index (χ0v) is 8.58. The van der Waals surface area contributed by atoms with E-state index in [2.05, 4.69) is 22.1 Å². The summed E-state index contributed by atoms with van der Waals surface area (Å²) in [7, 11) is 0. The summed E-state index contributed by atoms with van der Waals surface area (Å²) in [6.07, 6.45) is 1.60. The molecule has 1 aromatic rings. The molecular weight excluding hydrogens is 211 g/mol. The van der Waals surface area contributed by atoms with Crippen LogP contribution in [-0.2, 0) is 4.79 Å². The number of carbonyl (C=O) groups is 2. The zero-order valence-electron chi connectivity index (χ0n) is 8.58. The van der Waals surface area contributed by atoms with Crippen molar-refractivity contribution in [1.82, 2.24) is 10.3 Å². The van der Waals surface area contributed by atoms with Crippen molar-refractivity contribution in [3.8, 4) is 11.8 Å². The van der Waals surface area contributed by atoms with Crippen molar-refractivity contribution in [3.05, 3.63) is 29.3 Å². The molecule has 0 aliphatic rings. The van der Waals surface area contributed by atoms with Gasteiger partial charge >= 0.3 is 0 Å². The lowest BCUT2D eigenvalue weighted by atomic mass is 10.2. The Labute approximate surface area is 91.9 Å². The Kier molecular flexibility index (Phi) is 4.16. The molecule has 0 fully saturated rings. The van der Waals surface area contributed by atoms with Crippen molar-refractivity contribution in [1.29, 1.82) is 0 Å². The molecule has 1 N–H and O–H groups in total. The van der Waals surface area contributed by atoms with Crippen molar-refractivity contribution >= 4 is 12.2 Å². The first kappa shape index (κ1) is 11.9. The van der Waals surface area contributed by atoms with Crippen LogP contribution in [0.3, 0.4) is 0 Å². The smallest absolute Gasteiger partial charge is 0.223 e. The molecule has 0 aliphatic carbocycles. The molecule has 4 nitrogen and oxygen atoms in total. The number of nitrogens with zero attached hydrogens (tertiary/aromatic N) is 1. The second-order valence-electron chi connectivity index (χ2n) is 2.93. The van der Waals surface area contributed by atoms with E-state index in [1.165, 1.54) is 19.2 Å². The molecule has 1 heterocycles. The minimum Gasteiger partial charge on any atom is -0.345 e. The third-order valence-electron chi connectivity index (χ3n) is 1.65. The molecule has 0 radical (unpaired) electrons. The van der Waals surface area contributed by atoms with Crippen LogP contribution in [0.2, 0.25) is 0 Å². The Morgan fingerprint density at radius 1 is 1.69 bits per heavy atom. The lowest BCUT2D eigenvalue weighted by molar-refractivity contribution is -0.118. The van der Waals surface area contributed by atoms with E-state index in [1.807, 2.05) is 0 Å². The number of hydrogen-bond acceptors (Lipinski definition) is 3. The van der Waals surface area contributed by atoms with E-state index in [1.54, 1.807) is 0 Å². The third-order valence-corrected chi connectivity index (χ3v) is 1.65. The van der Waals surface area contributed by atoms with Gasteiger partial charge in [0.15, 0.2) is 6.29 Å². The first-order valence-electron chi connectivity index (χ1n) is 4.47. The van der Waals surface area contributed by atoms with Gasteiger partial charge in [-0.15, -0.1) is 0 Å². The quantitative estimate of drug-likeness (QED) is 0.449. The van der Waals surface area contributed by atoms with Crippen LogP contribution in [-0.4, -0.2) is 23.7 Å². The fourth-order valence-electron chi connectivity index (χ4n) is 0.931. The minimum absolute atomic E-state index is 0.133. The Bertz CT molecular complexity index is 475. The van der Waals surface area contributed by atoms with Crippen LogP contribution in [0.1, 0.15) is 22.8 Å². The lowest BCUT2D eigenvalue weighted by Gasteiger charge is -1.94. The summed E-state index contributed by atoms with van der Waals surface area (Å²) in [5.41, 5.74) is 0.292. The van der Waals surface area contributed by atoms with Gasteiger partial charge in [0.05, 0.1) is 12.1 Å². The first-order chi connectivity index (χ1) is 7.63. The largest absolute Gasteiger partial charge is 0.345 e. The highest BCUT2D eigenvalue weighted by Gasteiger charge is 2.01. The van der Waals surface area contributed by atoms with Crippen LogP contribution < -0.4 is 5.32 Å². The summed E-state index contributed by atoms with van der Waals surface area (Å²) in [6, 6.07) is 1.30. The van der Waals surface area contributed by atoms with Gasteiger partial charge in [-0.1, -0.05) is 11.8 Å². The molecule has 1 rings (SSSR count). The molecule has 0 atom stereocenters. The van der Waals surface area contributed by atoms with E-state index >= 15 is 0 Å². The summed E-state index contributed by atoms with van der Waals surface area (Å²) in [5.74, 6) is 4.29. The zero-order chi connectivity index (χ0) is 12.0. The predicted octanol–water partition coefficient (Wildman–Crippen LogP) is 0.521. The third kappa shape index (κ3) is 3.50.